The van der Waals surface area contributed by atoms with Gasteiger partial charge in [-0.05, 0) is 30.6 Å². The van der Waals surface area contributed by atoms with E-state index in [1.807, 2.05) is 0 Å². The first-order valence-corrected chi connectivity index (χ1v) is 8.11. The summed E-state index contributed by atoms with van der Waals surface area (Å²) in [5, 5.41) is 12.3. The lowest BCUT2D eigenvalue weighted by atomic mass is 9.85. The summed E-state index contributed by atoms with van der Waals surface area (Å²) in [7, 11) is 0. The number of aliphatic carboxylic acids is 1. The van der Waals surface area contributed by atoms with Gasteiger partial charge in [0.05, 0.1) is 0 Å². The average molecular weight is 298 g/mol. The molecule has 0 spiro atoms. The van der Waals surface area contributed by atoms with E-state index in [4.69, 9.17) is 0 Å². The van der Waals surface area contributed by atoms with Crippen molar-refractivity contribution in [2.45, 2.75) is 59.4 Å². The molecule has 1 unspecified atom stereocenters. The van der Waals surface area contributed by atoms with Crippen LogP contribution in [0.25, 0.3) is 0 Å². The second-order valence-corrected chi connectivity index (χ2v) is 6.73. The van der Waals surface area contributed by atoms with E-state index < -0.39 is 12.0 Å². The average Bonchev–Trinajstić information content (AvgIpc) is 2.63. The standard InChI is InChI=1S/C16H30N2O3/c1-11(2)13(12(3)4)10-17-16(21)18-9-7-5-6-8-14(18)15(19)20/h11-14H,5-10H2,1-4H3,(H,17,21)(H,19,20). The first-order valence-electron chi connectivity index (χ1n) is 8.11. The van der Waals surface area contributed by atoms with Crippen LogP contribution in [0, 0.1) is 17.8 Å². The highest BCUT2D eigenvalue weighted by Crippen LogP contribution is 2.20. The zero-order valence-corrected chi connectivity index (χ0v) is 13.8. The van der Waals surface area contributed by atoms with Gasteiger partial charge in [0.15, 0.2) is 0 Å². The summed E-state index contributed by atoms with van der Waals surface area (Å²) in [6, 6.07) is -0.903. The summed E-state index contributed by atoms with van der Waals surface area (Å²) < 4.78 is 0. The van der Waals surface area contributed by atoms with E-state index in [1.165, 1.54) is 4.90 Å². The minimum atomic E-state index is -0.892. The number of nitrogens with zero attached hydrogens (tertiary/aromatic N) is 1. The minimum Gasteiger partial charge on any atom is -0.480 e. The number of carbonyl (C=O) groups is 2. The summed E-state index contributed by atoms with van der Waals surface area (Å²) in [4.78, 5) is 25.2. The quantitative estimate of drug-likeness (QED) is 0.820. The fraction of sp³-hybridized carbons (Fsp3) is 0.875. The number of likely N-dealkylation sites (tertiary alicyclic amines) is 1. The van der Waals surface area contributed by atoms with Gasteiger partial charge in [0, 0.05) is 13.1 Å². The third-order valence-electron chi connectivity index (χ3n) is 4.50. The predicted molar refractivity (Wildman–Crippen MR) is 83.2 cm³/mol. The van der Waals surface area contributed by atoms with Crippen LogP contribution in [-0.4, -0.2) is 41.1 Å². The van der Waals surface area contributed by atoms with Crippen molar-refractivity contribution < 1.29 is 14.7 Å². The molecule has 0 bridgehead atoms. The second kappa shape index (κ2) is 8.25. The molecule has 2 N–H and O–H groups in total. The summed E-state index contributed by atoms with van der Waals surface area (Å²) in [6.45, 7) is 9.77. The molecule has 1 rings (SSSR count). The van der Waals surface area contributed by atoms with Crippen molar-refractivity contribution in [1.29, 1.82) is 0 Å². The van der Waals surface area contributed by atoms with Gasteiger partial charge in [-0.1, -0.05) is 40.5 Å². The zero-order valence-electron chi connectivity index (χ0n) is 13.8. The van der Waals surface area contributed by atoms with Crippen LogP contribution in [-0.2, 0) is 4.79 Å². The van der Waals surface area contributed by atoms with Crippen molar-refractivity contribution in [1.82, 2.24) is 10.2 Å². The largest absolute Gasteiger partial charge is 0.480 e. The fourth-order valence-corrected chi connectivity index (χ4v) is 3.16. The molecule has 1 saturated heterocycles. The lowest BCUT2D eigenvalue weighted by Crippen LogP contribution is -2.50. The normalized spacial score (nSPS) is 20.0. The molecule has 1 heterocycles. The van der Waals surface area contributed by atoms with Crippen LogP contribution >= 0.6 is 0 Å². The van der Waals surface area contributed by atoms with E-state index in [9.17, 15) is 14.7 Å². The Morgan fingerprint density at radius 1 is 1.14 bits per heavy atom. The molecule has 122 valence electrons. The molecule has 5 nitrogen and oxygen atoms in total. The SMILES string of the molecule is CC(C)C(CNC(=O)N1CCCCCC1C(=O)O)C(C)C. The van der Waals surface area contributed by atoms with Gasteiger partial charge in [0.25, 0.3) is 0 Å². The Kier molecular flexibility index (Phi) is 6.99. The topological polar surface area (TPSA) is 69.6 Å². The lowest BCUT2D eigenvalue weighted by molar-refractivity contribution is -0.142. The molecule has 21 heavy (non-hydrogen) atoms. The molecule has 0 aliphatic carbocycles. The monoisotopic (exact) mass is 298 g/mol. The predicted octanol–water partition coefficient (Wildman–Crippen LogP) is 2.95. The third-order valence-corrected chi connectivity index (χ3v) is 4.50. The van der Waals surface area contributed by atoms with Crippen LogP contribution in [0.3, 0.4) is 0 Å². The second-order valence-electron chi connectivity index (χ2n) is 6.73. The maximum absolute atomic E-state index is 12.4. The molecule has 1 atom stereocenters. The molecule has 2 amide bonds. The van der Waals surface area contributed by atoms with E-state index in [-0.39, 0.29) is 6.03 Å². The van der Waals surface area contributed by atoms with E-state index in [2.05, 4.69) is 33.0 Å². The zero-order chi connectivity index (χ0) is 16.0. The van der Waals surface area contributed by atoms with Crippen molar-refractivity contribution in [3.05, 3.63) is 0 Å². The third kappa shape index (κ3) is 5.21. The summed E-state index contributed by atoms with van der Waals surface area (Å²) >= 11 is 0. The number of amides is 2. The van der Waals surface area contributed by atoms with Crippen molar-refractivity contribution in [3.8, 4) is 0 Å². The van der Waals surface area contributed by atoms with Gasteiger partial charge in [0.1, 0.15) is 6.04 Å². The Labute approximate surface area is 128 Å². The molecule has 0 radical (unpaired) electrons. The van der Waals surface area contributed by atoms with Crippen LogP contribution in [0.2, 0.25) is 0 Å². The van der Waals surface area contributed by atoms with E-state index in [0.29, 0.717) is 37.3 Å². The van der Waals surface area contributed by atoms with E-state index >= 15 is 0 Å². The number of carboxylic acid groups (broad SMARTS) is 1. The van der Waals surface area contributed by atoms with Crippen molar-refractivity contribution in [2.75, 3.05) is 13.1 Å². The van der Waals surface area contributed by atoms with Crippen molar-refractivity contribution in [2.24, 2.45) is 17.8 Å². The summed E-state index contributed by atoms with van der Waals surface area (Å²) in [5.41, 5.74) is 0. The Hall–Kier alpha value is -1.26. The Morgan fingerprint density at radius 2 is 1.76 bits per heavy atom. The van der Waals surface area contributed by atoms with Crippen molar-refractivity contribution >= 4 is 12.0 Å². The molecule has 1 aliphatic heterocycles. The maximum Gasteiger partial charge on any atom is 0.326 e. The van der Waals surface area contributed by atoms with Gasteiger partial charge in [-0.3, -0.25) is 0 Å². The van der Waals surface area contributed by atoms with Gasteiger partial charge >= 0.3 is 12.0 Å². The highest BCUT2D eigenvalue weighted by atomic mass is 16.4. The molecule has 5 heteroatoms. The molecule has 0 aromatic heterocycles. The number of nitrogens with one attached hydrogen (secondary N) is 1. The molecule has 0 saturated carbocycles. The molecule has 1 aliphatic rings. The van der Waals surface area contributed by atoms with Gasteiger partial charge < -0.3 is 15.3 Å². The van der Waals surface area contributed by atoms with E-state index in [0.717, 1.165) is 19.3 Å². The number of carboxylic acids is 1. The first-order chi connectivity index (χ1) is 9.84. The molecule has 0 aromatic carbocycles. The number of urea groups is 1. The fourth-order valence-electron chi connectivity index (χ4n) is 3.16. The highest BCUT2D eigenvalue weighted by molar-refractivity contribution is 5.82. The van der Waals surface area contributed by atoms with Gasteiger partial charge in [-0.15, -0.1) is 0 Å². The Balaban J connectivity index is 2.64. The molecular formula is C16H30N2O3. The van der Waals surface area contributed by atoms with Crippen LogP contribution in [0.5, 0.6) is 0 Å². The summed E-state index contributed by atoms with van der Waals surface area (Å²) in [5.74, 6) is 0.495. The minimum absolute atomic E-state index is 0.226. The van der Waals surface area contributed by atoms with Crippen LogP contribution in [0.15, 0.2) is 0 Å². The van der Waals surface area contributed by atoms with Gasteiger partial charge in [0.2, 0.25) is 0 Å². The first kappa shape index (κ1) is 17.8. The van der Waals surface area contributed by atoms with Crippen LogP contribution in [0.1, 0.15) is 53.4 Å². The number of carbonyl (C=O) groups excluding carboxylic acids is 1. The molecular weight excluding hydrogens is 268 g/mol. The highest BCUT2D eigenvalue weighted by Gasteiger charge is 2.31. The lowest BCUT2D eigenvalue weighted by Gasteiger charge is -2.30. The molecule has 1 fully saturated rings. The summed E-state index contributed by atoms with van der Waals surface area (Å²) in [6.07, 6.45) is 3.31. The number of hydrogen-bond donors (Lipinski definition) is 2. The van der Waals surface area contributed by atoms with Crippen molar-refractivity contribution in [3.63, 3.8) is 0 Å². The smallest absolute Gasteiger partial charge is 0.326 e. The van der Waals surface area contributed by atoms with E-state index in [1.54, 1.807) is 0 Å². The Bertz CT molecular complexity index is 347. The number of rotatable bonds is 5. The maximum atomic E-state index is 12.4. The Morgan fingerprint density at radius 3 is 2.29 bits per heavy atom. The van der Waals surface area contributed by atoms with Crippen LogP contribution in [0.4, 0.5) is 4.79 Å². The molecule has 0 aromatic rings. The van der Waals surface area contributed by atoms with Gasteiger partial charge in [-0.25, -0.2) is 9.59 Å². The number of hydrogen-bond acceptors (Lipinski definition) is 2. The van der Waals surface area contributed by atoms with Gasteiger partial charge in [-0.2, -0.15) is 0 Å². The van der Waals surface area contributed by atoms with Crippen LogP contribution < -0.4 is 5.32 Å².